The summed E-state index contributed by atoms with van der Waals surface area (Å²) in [7, 11) is 1.36. The lowest BCUT2D eigenvalue weighted by Gasteiger charge is -2.00. The van der Waals surface area contributed by atoms with Gasteiger partial charge in [0, 0.05) is 11.5 Å². The highest BCUT2D eigenvalue weighted by molar-refractivity contribution is 5.89. The fourth-order valence-corrected chi connectivity index (χ4v) is 1.53. The van der Waals surface area contributed by atoms with Crippen LogP contribution < -0.4 is 0 Å². The molecule has 1 aromatic heterocycles. The summed E-state index contributed by atoms with van der Waals surface area (Å²) in [5.41, 5.74) is 2.90. The molecule has 3 nitrogen and oxygen atoms in total. The van der Waals surface area contributed by atoms with Crippen molar-refractivity contribution in [3.05, 3.63) is 41.7 Å². The Balaban J connectivity index is 2.40. The normalized spacial score (nSPS) is 11.1. The van der Waals surface area contributed by atoms with Crippen molar-refractivity contribution in [2.45, 2.75) is 6.92 Å². The number of rotatable bonds is 2. The van der Waals surface area contributed by atoms with Crippen molar-refractivity contribution in [2.24, 2.45) is 0 Å². The minimum Gasteiger partial charge on any atom is -0.466 e. The quantitative estimate of drug-likeness (QED) is 0.572. The van der Waals surface area contributed by atoms with Crippen LogP contribution >= 0.6 is 0 Å². The summed E-state index contributed by atoms with van der Waals surface area (Å²) in [6.45, 7) is 1.97. The summed E-state index contributed by atoms with van der Waals surface area (Å²) in [6, 6.07) is 5.82. The Hall–Kier alpha value is -2.03. The minimum absolute atomic E-state index is 0.355. The number of aryl methyl sites for hydroxylation is 1. The molecule has 1 aromatic carbocycles. The van der Waals surface area contributed by atoms with Crippen LogP contribution in [0.2, 0.25) is 0 Å². The third kappa shape index (κ3) is 1.98. The van der Waals surface area contributed by atoms with E-state index in [1.54, 1.807) is 12.3 Å². The molecule has 16 heavy (non-hydrogen) atoms. The van der Waals surface area contributed by atoms with E-state index in [2.05, 4.69) is 4.74 Å². The molecule has 0 saturated heterocycles. The summed E-state index contributed by atoms with van der Waals surface area (Å²) in [5, 5.41) is 1.02. The van der Waals surface area contributed by atoms with Crippen molar-refractivity contribution >= 4 is 23.0 Å². The van der Waals surface area contributed by atoms with Crippen molar-refractivity contribution in [1.82, 2.24) is 0 Å². The first-order valence-electron chi connectivity index (χ1n) is 4.94. The fraction of sp³-hybridized carbons (Fsp3) is 0.154. The third-order valence-corrected chi connectivity index (χ3v) is 2.44. The molecule has 2 aromatic rings. The minimum atomic E-state index is -0.355. The highest BCUT2D eigenvalue weighted by Gasteiger charge is 2.01. The molecule has 0 unspecified atom stereocenters. The first kappa shape index (κ1) is 10.5. The van der Waals surface area contributed by atoms with Gasteiger partial charge in [0.1, 0.15) is 5.58 Å². The zero-order chi connectivity index (χ0) is 11.5. The Morgan fingerprint density at radius 1 is 1.44 bits per heavy atom. The van der Waals surface area contributed by atoms with Gasteiger partial charge in [-0.15, -0.1) is 0 Å². The van der Waals surface area contributed by atoms with Gasteiger partial charge in [0.15, 0.2) is 0 Å². The zero-order valence-electron chi connectivity index (χ0n) is 9.19. The first-order valence-corrected chi connectivity index (χ1v) is 4.94. The van der Waals surface area contributed by atoms with E-state index in [1.165, 1.54) is 13.2 Å². The lowest BCUT2D eigenvalue weighted by molar-refractivity contribution is -0.134. The molecule has 1 heterocycles. The molecule has 0 aliphatic heterocycles. The van der Waals surface area contributed by atoms with E-state index in [0.29, 0.717) is 0 Å². The van der Waals surface area contributed by atoms with Crippen LogP contribution in [0.3, 0.4) is 0 Å². The van der Waals surface area contributed by atoms with E-state index < -0.39 is 0 Å². The molecule has 0 amide bonds. The van der Waals surface area contributed by atoms with Gasteiger partial charge >= 0.3 is 5.97 Å². The second-order valence-electron chi connectivity index (χ2n) is 3.52. The Morgan fingerprint density at radius 3 is 3.00 bits per heavy atom. The Morgan fingerprint density at radius 2 is 2.25 bits per heavy atom. The summed E-state index contributed by atoms with van der Waals surface area (Å²) in [5.74, 6) is -0.355. The molecule has 0 spiro atoms. The maximum absolute atomic E-state index is 11.0. The molecule has 0 N–H and O–H groups in total. The van der Waals surface area contributed by atoms with Gasteiger partial charge in [-0.05, 0) is 42.3 Å². The van der Waals surface area contributed by atoms with Gasteiger partial charge < -0.3 is 9.15 Å². The smallest absolute Gasteiger partial charge is 0.330 e. The molecule has 0 bridgehead atoms. The van der Waals surface area contributed by atoms with Gasteiger partial charge in [-0.3, -0.25) is 0 Å². The number of fused-ring (bicyclic) bond motifs is 1. The van der Waals surface area contributed by atoms with Gasteiger partial charge in [0.25, 0.3) is 0 Å². The number of carbonyl (C=O) groups excluding carboxylic acids is 1. The van der Waals surface area contributed by atoms with Crippen LogP contribution in [-0.4, -0.2) is 13.1 Å². The topological polar surface area (TPSA) is 39.4 Å². The van der Waals surface area contributed by atoms with Gasteiger partial charge in [-0.1, -0.05) is 0 Å². The number of benzene rings is 1. The molecular formula is C13H12O3. The van der Waals surface area contributed by atoms with Crippen LogP contribution in [0.5, 0.6) is 0 Å². The van der Waals surface area contributed by atoms with E-state index >= 15 is 0 Å². The number of carbonyl (C=O) groups is 1. The van der Waals surface area contributed by atoms with E-state index in [1.807, 2.05) is 25.1 Å². The maximum atomic E-state index is 11.0. The molecule has 0 aliphatic carbocycles. The van der Waals surface area contributed by atoms with Crippen LogP contribution in [0.15, 0.2) is 35.0 Å². The second-order valence-corrected chi connectivity index (χ2v) is 3.52. The standard InChI is InChI=1S/C13H12O3/c1-9-7-12-11(5-6-16-12)8-10(9)3-4-13(14)15-2/h3-8H,1-2H3/b4-3+. The summed E-state index contributed by atoms with van der Waals surface area (Å²) < 4.78 is 9.82. The second kappa shape index (κ2) is 4.23. The van der Waals surface area contributed by atoms with Gasteiger partial charge in [-0.2, -0.15) is 0 Å². The molecular weight excluding hydrogens is 204 g/mol. The highest BCUT2D eigenvalue weighted by atomic mass is 16.5. The average molecular weight is 216 g/mol. The number of hydrogen-bond donors (Lipinski definition) is 0. The molecule has 0 saturated carbocycles. The van der Waals surface area contributed by atoms with E-state index in [0.717, 1.165) is 22.1 Å². The predicted octanol–water partition coefficient (Wildman–Crippen LogP) is 2.93. The van der Waals surface area contributed by atoms with Crippen LogP contribution in [-0.2, 0) is 9.53 Å². The van der Waals surface area contributed by atoms with E-state index in [9.17, 15) is 4.79 Å². The number of hydrogen-bond acceptors (Lipinski definition) is 3. The third-order valence-electron chi connectivity index (χ3n) is 2.44. The number of ether oxygens (including phenoxy) is 1. The van der Waals surface area contributed by atoms with Crippen LogP contribution in [0.1, 0.15) is 11.1 Å². The monoisotopic (exact) mass is 216 g/mol. The summed E-state index contributed by atoms with van der Waals surface area (Å²) >= 11 is 0. The average Bonchev–Trinajstić information content (AvgIpc) is 2.72. The number of esters is 1. The lowest BCUT2D eigenvalue weighted by atomic mass is 10.1. The fourth-order valence-electron chi connectivity index (χ4n) is 1.53. The number of methoxy groups -OCH3 is 1. The Kier molecular flexibility index (Phi) is 2.77. The molecule has 3 heteroatoms. The van der Waals surface area contributed by atoms with Crippen LogP contribution in [0.25, 0.3) is 17.0 Å². The first-order chi connectivity index (χ1) is 7.70. The Bertz CT molecular complexity index is 549. The summed E-state index contributed by atoms with van der Waals surface area (Å²) in [6.07, 6.45) is 4.81. The highest BCUT2D eigenvalue weighted by Crippen LogP contribution is 2.21. The maximum Gasteiger partial charge on any atom is 0.330 e. The van der Waals surface area contributed by atoms with Crippen LogP contribution in [0, 0.1) is 6.92 Å². The van der Waals surface area contributed by atoms with Gasteiger partial charge in [-0.25, -0.2) is 4.79 Å². The molecule has 82 valence electrons. The molecule has 2 rings (SSSR count). The lowest BCUT2D eigenvalue weighted by Crippen LogP contribution is -1.93. The molecule has 0 atom stereocenters. The van der Waals surface area contributed by atoms with E-state index in [4.69, 9.17) is 4.42 Å². The van der Waals surface area contributed by atoms with Crippen molar-refractivity contribution in [2.75, 3.05) is 7.11 Å². The molecule has 0 aliphatic rings. The summed E-state index contributed by atoms with van der Waals surface area (Å²) in [4.78, 5) is 11.0. The largest absolute Gasteiger partial charge is 0.466 e. The van der Waals surface area contributed by atoms with Crippen molar-refractivity contribution < 1.29 is 13.9 Å². The predicted molar refractivity (Wildman–Crippen MR) is 62.0 cm³/mol. The number of furan rings is 1. The zero-order valence-corrected chi connectivity index (χ0v) is 9.19. The SMILES string of the molecule is COC(=O)/C=C/c1cc2ccoc2cc1C. The van der Waals surface area contributed by atoms with Crippen molar-refractivity contribution in [3.8, 4) is 0 Å². The van der Waals surface area contributed by atoms with E-state index in [-0.39, 0.29) is 5.97 Å². The van der Waals surface area contributed by atoms with Crippen molar-refractivity contribution in [3.63, 3.8) is 0 Å². The van der Waals surface area contributed by atoms with Crippen LogP contribution in [0.4, 0.5) is 0 Å². The Labute approximate surface area is 93.3 Å². The molecule has 0 fully saturated rings. The molecule has 0 radical (unpaired) electrons. The van der Waals surface area contributed by atoms with Crippen molar-refractivity contribution in [1.29, 1.82) is 0 Å². The van der Waals surface area contributed by atoms with Gasteiger partial charge in [0.05, 0.1) is 13.4 Å². The van der Waals surface area contributed by atoms with Gasteiger partial charge in [0.2, 0.25) is 0 Å².